The predicted molar refractivity (Wildman–Crippen MR) is 95.8 cm³/mol. The molecule has 2 heterocycles. The van der Waals surface area contributed by atoms with Gasteiger partial charge in [0.1, 0.15) is 5.82 Å². The summed E-state index contributed by atoms with van der Waals surface area (Å²) >= 11 is 0. The van der Waals surface area contributed by atoms with Crippen molar-refractivity contribution in [1.82, 2.24) is 14.1 Å². The molecular weight excluding hydrogens is 308 g/mol. The summed E-state index contributed by atoms with van der Waals surface area (Å²) in [4.78, 5) is 31.6. The van der Waals surface area contributed by atoms with Crippen LogP contribution in [0.15, 0.2) is 15.7 Å². The fraction of sp³-hybridized carbons (Fsp3) is 0.588. The van der Waals surface area contributed by atoms with Crippen molar-refractivity contribution in [3.05, 3.63) is 32.5 Å². The molecule has 2 aromatic heterocycles. The Bertz CT molecular complexity index is 850. The lowest BCUT2D eigenvalue weighted by Crippen LogP contribution is -2.40. The molecule has 0 spiro atoms. The summed E-state index contributed by atoms with van der Waals surface area (Å²) in [6.07, 6.45) is 1.74. The second-order valence-electron chi connectivity index (χ2n) is 6.53. The second kappa shape index (κ2) is 7.17. The molecule has 24 heavy (non-hydrogen) atoms. The van der Waals surface area contributed by atoms with Crippen molar-refractivity contribution >= 4 is 16.9 Å². The van der Waals surface area contributed by atoms with E-state index in [1.807, 2.05) is 32.0 Å². The quantitative estimate of drug-likeness (QED) is 0.798. The number of aromatic nitrogens is 3. The monoisotopic (exact) mass is 334 g/mol. The first-order chi connectivity index (χ1) is 11.2. The van der Waals surface area contributed by atoms with Crippen molar-refractivity contribution in [2.75, 3.05) is 19.0 Å². The number of nitrogens with zero attached hydrogens (tertiary/aromatic N) is 4. The molecule has 2 rings (SSSR count). The Morgan fingerprint density at radius 3 is 2.54 bits per heavy atom. The fourth-order valence-corrected chi connectivity index (χ4v) is 2.78. The maximum Gasteiger partial charge on any atom is 0.332 e. The molecule has 0 amide bonds. The van der Waals surface area contributed by atoms with Crippen LogP contribution in [0.1, 0.15) is 31.7 Å². The smallest absolute Gasteiger partial charge is 0.332 e. The molecular formula is C17H26N4O3. The molecule has 1 atom stereocenters. The third-order valence-corrected chi connectivity index (χ3v) is 4.19. The van der Waals surface area contributed by atoms with Crippen LogP contribution < -0.4 is 16.1 Å². The van der Waals surface area contributed by atoms with Crippen LogP contribution in [0.4, 0.5) is 5.82 Å². The molecule has 0 saturated carbocycles. The Morgan fingerprint density at radius 2 is 1.96 bits per heavy atom. The first-order valence-corrected chi connectivity index (χ1v) is 8.20. The van der Waals surface area contributed by atoms with Gasteiger partial charge in [0.05, 0.1) is 11.5 Å². The van der Waals surface area contributed by atoms with Gasteiger partial charge in [-0.1, -0.05) is 0 Å². The molecule has 0 aliphatic carbocycles. The van der Waals surface area contributed by atoms with Gasteiger partial charge in [0.15, 0.2) is 5.65 Å². The van der Waals surface area contributed by atoms with Gasteiger partial charge in [-0.3, -0.25) is 13.9 Å². The zero-order valence-corrected chi connectivity index (χ0v) is 15.0. The minimum absolute atomic E-state index is 0.291. The van der Waals surface area contributed by atoms with Crippen molar-refractivity contribution in [3.8, 4) is 0 Å². The van der Waals surface area contributed by atoms with Crippen molar-refractivity contribution in [1.29, 1.82) is 0 Å². The summed E-state index contributed by atoms with van der Waals surface area (Å²) in [5, 5.41) is 9.79. The molecule has 1 N–H and O–H groups in total. The highest BCUT2D eigenvalue weighted by Crippen LogP contribution is 2.17. The van der Waals surface area contributed by atoms with E-state index in [-0.39, 0.29) is 17.4 Å². The molecule has 0 radical (unpaired) electrons. The van der Waals surface area contributed by atoms with Crippen LogP contribution >= 0.6 is 0 Å². The third kappa shape index (κ3) is 3.51. The topological polar surface area (TPSA) is 80.4 Å². The number of aryl methyl sites for hydroxylation is 2. The Hall–Kier alpha value is -2.15. The van der Waals surface area contributed by atoms with E-state index in [1.54, 1.807) is 14.0 Å². The van der Waals surface area contributed by atoms with E-state index in [9.17, 15) is 14.7 Å². The van der Waals surface area contributed by atoms with Crippen molar-refractivity contribution in [3.63, 3.8) is 0 Å². The number of aliphatic hydroxyl groups is 1. The van der Waals surface area contributed by atoms with Gasteiger partial charge in [0.2, 0.25) is 0 Å². The molecule has 0 fully saturated rings. The van der Waals surface area contributed by atoms with Crippen LogP contribution in [0, 0.1) is 6.92 Å². The number of unbranched alkanes of at least 4 members (excludes halogenated alkanes) is 1. The normalized spacial score (nSPS) is 12.6. The Morgan fingerprint density at radius 1 is 1.29 bits per heavy atom. The fourth-order valence-electron chi connectivity index (χ4n) is 2.78. The summed E-state index contributed by atoms with van der Waals surface area (Å²) in [7, 11) is 5.38. The van der Waals surface area contributed by atoms with Crippen LogP contribution in [0.5, 0.6) is 0 Å². The first-order valence-electron chi connectivity index (χ1n) is 8.20. The minimum Gasteiger partial charge on any atom is -0.393 e. The van der Waals surface area contributed by atoms with Gasteiger partial charge >= 0.3 is 5.69 Å². The maximum atomic E-state index is 12.8. The SMILES string of the molecule is Cc1cc(N(C)C)nc2c1c(=O)n(CCCCC(C)O)c(=O)n2C. The van der Waals surface area contributed by atoms with Gasteiger partial charge in [0, 0.05) is 27.7 Å². The van der Waals surface area contributed by atoms with E-state index < -0.39 is 0 Å². The number of anilines is 1. The number of fused-ring (bicyclic) bond motifs is 1. The Kier molecular flexibility index (Phi) is 5.43. The first kappa shape index (κ1) is 18.2. The summed E-state index contributed by atoms with van der Waals surface area (Å²) in [5.41, 5.74) is 0.573. The number of aliphatic hydroxyl groups excluding tert-OH is 1. The average Bonchev–Trinajstić information content (AvgIpc) is 2.50. The summed E-state index contributed by atoms with van der Waals surface area (Å²) in [5.74, 6) is 0.712. The van der Waals surface area contributed by atoms with Gasteiger partial charge in [-0.25, -0.2) is 9.78 Å². The molecule has 0 aliphatic rings. The van der Waals surface area contributed by atoms with E-state index in [4.69, 9.17) is 0 Å². The molecule has 0 saturated heterocycles. The van der Waals surface area contributed by atoms with Crippen LogP contribution in [0.25, 0.3) is 11.0 Å². The zero-order chi connectivity index (χ0) is 18.0. The van der Waals surface area contributed by atoms with Crippen LogP contribution in [-0.4, -0.2) is 39.4 Å². The summed E-state index contributed by atoms with van der Waals surface area (Å²) < 4.78 is 2.71. The van der Waals surface area contributed by atoms with Gasteiger partial charge in [-0.15, -0.1) is 0 Å². The highest BCUT2D eigenvalue weighted by molar-refractivity contribution is 5.80. The minimum atomic E-state index is -0.364. The van der Waals surface area contributed by atoms with Gasteiger partial charge in [-0.2, -0.15) is 0 Å². The van der Waals surface area contributed by atoms with E-state index in [0.717, 1.165) is 12.0 Å². The van der Waals surface area contributed by atoms with Crippen molar-refractivity contribution in [2.24, 2.45) is 7.05 Å². The molecule has 0 bridgehead atoms. The number of pyridine rings is 1. The number of rotatable bonds is 6. The maximum absolute atomic E-state index is 12.8. The van der Waals surface area contributed by atoms with Gasteiger partial charge < -0.3 is 10.0 Å². The van der Waals surface area contributed by atoms with E-state index in [2.05, 4.69) is 4.98 Å². The highest BCUT2D eigenvalue weighted by atomic mass is 16.3. The molecule has 0 aromatic carbocycles. The van der Waals surface area contributed by atoms with E-state index in [1.165, 1.54) is 9.13 Å². The molecule has 7 nitrogen and oxygen atoms in total. The van der Waals surface area contributed by atoms with Crippen molar-refractivity contribution in [2.45, 2.75) is 45.8 Å². The molecule has 2 aromatic rings. The molecule has 0 aliphatic heterocycles. The molecule has 132 valence electrons. The molecule has 7 heteroatoms. The molecule has 1 unspecified atom stereocenters. The second-order valence-corrected chi connectivity index (χ2v) is 6.53. The number of hydrogen-bond donors (Lipinski definition) is 1. The lowest BCUT2D eigenvalue weighted by Gasteiger charge is -2.16. The van der Waals surface area contributed by atoms with Crippen LogP contribution in [0.2, 0.25) is 0 Å². The highest BCUT2D eigenvalue weighted by Gasteiger charge is 2.15. The Balaban J connectivity index is 2.52. The standard InChI is InChI=1S/C17H26N4O3/c1-11-10-13(19(3)4)18-15-14(11)16(23)21(17(24)20(15)5)9-7-6-8-12(2)22/h10,12,22H,6-9H2,1-5H3. The lowest BCUT2D eigenvalue weighted by molar-refractivity contribution is 0.180. The Labute approximate surface area is 141 Å². The van der Waals surface area contributed by atoms with Crippen molar-refractivity contribution < 1.29 is 5.11 Å². The third-order valence-electron chi connectivity index (χ3n) is 4.19. The predicted octanol–water partition coefficient (Wildman–Crippen LogP) is 1.02. The van der Waals surface area contributed by atoms with Crippen LogP contribution in [0.3, 0.4) is 0 Å². The zero-order valence-electron chi connectivity index (χ0n) is 15.0. The average molecular weight is 334 g/mol. The van der Waals surface area contributed by atoms with Gasteiger partial charge in [0.25, 0.3) is 5.56 Å². The van der Waals surface area contributed by atoms with Gasteiger partial charge in [-0.05, 0) is 44.7 Å². The van der Waals surface area contributed by atoms with E-state index in [0.29, 0.717) is 36.2 Å². The van der Waals surface area contributed by atoms with Crippen LogP contribution in [-0.2, 0) is 13.6 Å². The number of hydrogen-bond acceptors (Lipinski definition) is 5. The summed E-state index contributed by atoms with van der Waals surface area (Å²) in [6.45, 7) is 3.95. The summed E-state index contributed by atoms with van der Waals surface area (Å²) in [6, 6.07) is 1.85. The largest absolute Gasteiger partial charge is 0.393 e. The van der Waals surface area contributed by atoms with E-state index >= 15 is 0 Å². The lowest BCUT2D eigenvalue weighted by atomic mass is 10.1.